The number of aliphatic hydroxyl groups is 2. The molecule has 182 valence electrons. The van der Waals surface area contributed by atoms with E-state index in [1.165, 1.54) is 23.4 Å². The third-order valence-corrected chi connectivity index (χ3v) is 8.10. The first-order valence-corrected chi connectivity index (χ1v) is 13.1. The molecule has 1 aliphatic heterocycles. The third kappa shape index (κ3) is 7.28. The van der Waals surface area contributed by atoms with Gasteiger partial charge in [0.05, 0.1) is 12.9 Å². The largest absolute Gasteiger partial charge is 1.00 e. The van der Waals surface area contributed by atoms with E-state index in [-0.39, 0.29) is 64.8 Å². The van der Waals surface area contributed by atoms with Crippen molar-refractivity contribution in [2.75, 3.05) is 6.61 Å². The molecule has 0 saturated carbocycles. The van der Waals surface area contributed by atoms with Gasteiger partial charge >= 0.3 is 66.9 Å². The second-order valence-corrected chi connectivity index (χ2v) is 10.9. The van der Waals surface area contributed by atoms with Gasteiger partial charge in [0, 0.05) is 12.4 Å². The van der Waals surface area contributed by atoms with Crippen molar-refractivity contribution >= 4 is 40.3 Å². The van der Waals surface area contributed by atoms with E-state index in [0.717, 1.165) is 0 Å². The van der Waals surface area contributed by atoms with Crippen LogP contribution in [0.1, 0.15) is 6.23 Å². The number of nitrogens with zero attached hydrogens (tertiary/aromatic N) is 5. The minimum Gasteiger partial charge on any atom is -0.756 e. The molecule has 0 bridgehead atoms. The summed E-state index contributed by atoms with van der Waals surface area (Å²) < 4.78 is 53.1. The minimum atomic E-state index is -6.01. The molecule has 3 aromatic rings. The number of hydrogen-bond acceptors (Lipinski definition) is 14. The van der Waals surface area contributed by atoms with E-state index in [4.69, 9.17) is 9.63 Å². The van der Waals surface area contributed by atoms with E-state index in [9.17, 15) is 38.6 Å². The number of ether oxygens (including phenoxy) is 1. The van der Waals surface area contributed by atoms with Crippen molar-refractivity contribution in [3.63, 3.8) is 0 Å². The van der Waals surface area contributed by atoms with Crippen LogP contribution in [0, 0.1) is 0 Å². The summed E-state index contributed by atoms with van der Waals surface area (Å²) in [5, 5.41) is 20.6. The number of imidazole rings is 2. The Morgan fingerprint density at radius 1 is 1.00 bits per heavy atom. The summed E-state index contributed by atoms with van der Waals surface area (Å²) in [5.74, 6) is 0. The van der Waals surface area contributed by atoms with Crippen molar-refractivity contribution in [3.8, 4) is 0 Å². The second-order valence-electron chi connectivity index (χ2n) is 6.62. The SMILES string of the molecule is O=P([O-])(O)OP(=O)([O-])OP(=O)(O)OC[C@H]1O[C@@H](n2cnc3c2ncn2ccnc32)[C@H](O)[C@@H]1O.[Na+].[Na+]. The second kappa shape index (κ2) is 11.6. The summed E-state index contributed by atoms with van der Waals surface area (Å²) in [4.78, 5) is 52.1. The number of aromatic nitrogens is 5. The molecular weight excluding hydrogens is 561 g/mol. The van der Waals surface area contributed by atoms with Crippen molar-refractivity contribution in [2.24, 2.45) is 0 Å². The van der Waals surface area contributed by atoms with Crippen LogP contribution >= 0.6 is 23.5 Å². The molecule has 4 N–H and O–H groups in total. The average molecular weight is 575 g/mol. The predicted octanol–water partition coefficient (Wildman–Crippen LogP) is -8.21. The first kappa shape index (κ1) is 31.6. The van der Waals surface area contributed by atoms with Crippen LogP contribution < -0.4 is 68.9 Å². The van der Waals surface area contributed by atoms with Gasteiger partial charge in [-0.2, -0.15) is 0 Å². The van der Waals surface area contributed by atoms with Crippen LogP contribution in [-0.2, 0) is 31.6 Å². The topological polar surface area (TPSA) is 263 Å². The molecule has 0 aliphatic carbocycles. The van der Waals surface area contributed by atoms with E-state index >= 15 is 0 Å². The molecule has 4 rings (SSSR count). The number of hydrogen-bond donors (Lipinski definition) is 4. The van der Waals surface area contributed by atoms with Crippen molar-refractivity contribution in [2.45, 2.75) is 24.5 Å². The summed E-state index contributed by atoms with van der Waals surface area (Å²) in [7, 11) is -17.4. The molecule has 3 aromatic heterocycles. The van der Waals surface area contributed by atoms with Crippen LogP contribution in [-0.4, -0.2) is 68.8 Å². The van der Waals surface area contributed by atoms with Crippen LogP contribution in [0.5, 0.6) is 0 Å². The van der Waals surface area contributed by atoms with Gasteiger partial charge in [-0.05, 0) is 0 Å². The van der Waals surface area contributed by atoms with Crippen LogP contribution in [0.25, 0.3) is 16.8 Å². The molecule has 0 radical (unpaired) electrons. The third-order valence-electron chi connectivity index (χ3n) is 4.37. The Bertz CT molecular complexity index is 1330. The number of aliphatic hydroxyl groups excluding tert-OH is 2. The smallest absolute Gasteiger partial charge is 0.756 e. The van der Waals surface area contributed by atoms with Crippen molar-refractivity contribution in [1.29, 1.82) is 0 Å². The van der Waals surface area contributed by atoms with Gasteiger partial charge in [0.2, 0.25) is 0 Å². The van der Waals surface area contributed by atoms with Crippen LogP contribution in [0.3, 0.4) is 0 Å². The van der Waals surface area contributed by atoms with Crippen molar-refractivity contribution < 1.29 is 120 Å². The first-order chi connectivity index (χ1) is 15.3. The van der Waals surface area contributed by atoms with Crippen molar-refractivity contribution in [1.82, 2.24) is 23.9 Å². The summed E-state index contributed by atoms with van der Waals surface area (Å²) in [6.45, 7) is -0.985. The zero-order chi connectivity index (χ0) is 24.2. The van der Waals surface area contributed by atoms with E-state index in [2.05, 4.69) is 28.1 Å². The van der Waals surface area contributed by atoms with Crippen LogP contribution in [0.2, 0.25) is 0 Å². The van der Waals surface area contributed by atoms with Gasteiger partial charge in [0.25, 0.3) is 15.6 Å². The van der Waals surface area contributed by atoms with Gasteiger partial charge in [0.1, 0.15) is 24.6 Å². The Morgan fingerprint density at radius 2 is 1.69 bits per heavy atom. The monoisotopic (exact) mass is 575 g/mol. The summed E-state index contributed by atoms with van der Waals surface area (Å²) >= 11 is 0. The van der Waals surface area contributed by atoms with Crippen LogP contribution in [0.4, 0.5) is 0 Å². The number of phosphoric ester groups is 1. The van der Waals surface area contributed by atoms with Crippen LogP contribution in [0.15, 0.2) is 25.0 Å². The zero-order valence-electron chi connectivity index (χ0n) is 17.9. The van der Waals surface area contributed by atoms with Gasteiger partial charge in [-0.3, -0.25) is 22.6 Å². The normalized spacial score (nSPS) is 27.5. The van der Waals surface area contributed by atoms with Gasteiger partial charge in [-0.15, -0.1) is 0 Å². The molecule has 0 aromatic carbocycles. The molecule has 0 spiro atoms. The molecular formula is C12H14N5Na2O13P3. The van der Waals surface area contributed by atoms with Gasteiger partial charge < -0.3 is 34.5 Å². The minimum absolute atomic E-state index is 0. The molecule has 7 atom stereocenters. The molecule has 4 heterocycles. The standard InChI is InChI=1S/C12H16N5O13P3.2Na/c18-8-6(3-27-32(23,24)30-33(25,26)29-31(20,21)22)28-12(9(8)19)17-5-14-7-10-13-1-2-16(10)4-15-11(7)17;;/h1-2,4-6,8-9,12,18-19H,3H2,(H,23,24)(H,25,26)(H2,20,21,22);;/q;2*+1/p-2/t6-,8-,9-,12-;;/m1../s1. The quantitative estimate of drug-likeness (QED) is 0.144. The molecule has 35 heavy (non-hydrogen) atoms. The maximum atomic E-state index is 11.8. The maximum Gasteiger partial charge on any atom is 1.00 e. The fourth-order valence-corrected chi connectivity index (χ4v) is 6.02. The fourth-order valence-electron chi connectivity index (χ4n) is 3.09. The predicted molar refractivity (Wildman–Crippen MR) is 97.6 cm³/mol. The van der Waals surface area contributed by atoms with Gasteiger partial charge in [-0.25, -0.2) is 28.1 Å². The number of rotatable bonds is 8. The average Bonchev–Trinajstić information content (AvgIpc) is 3.35. The van der Waals surface area contributed by atoms with E-state index in [1.54, 1.807) is 10.6 Å². The molecule has 23 heteroatoms. The molecule has 0 amide bonds. The van der Waals surface area contributed by atoms with E-state index < -0.39 is 54.6 Å². The summed E-state index contributed by atoms with van der Waals surface area (Å²) in [6.07, 6.45) is -0.190. The van der Waals surface area contributed by atoms with Gasteiger partial charge in [0.15, 0.2) is 23.0 Å². The Balaban J connectivity index is 0.00000216. The van der Waals surface area contributed by atoms with Crippen molar-refractivity contribution in [3.05, 3.63) is 25.0 Å². The summed E-state index contributed by atoms with van der Waals surface area (Å²) in [6, 6.07) is 0. The number of fused-ring (bicyclic) bond motifs is 3. The van der Waals surface area contributed by atoms with Gasteiger partial charge in [-0.1, -0.05) is 0 Å². The maximum absolute atomic E-state index is 11.8. The molecule has 1 aliphatic rings. The molecule has 18 nitrogen and oxygen atoms in total. The molecule has 1 fully saturated rings. The number of phosphoric acid groups is 3. The van der Waals surface area contributed by atoms with E-state index in [1.807, 2.05) is 0 Å². The fraction of sp³-hybridized carbons (Fsp3) is 0.417. The Morgan fingerprint density at radius 3 is 2.34 bits per heavy atom. The van der Waals surface area contributed by atoms with E-state index in [0.29, 0.717) is 11.2 Å². The Hall–Kier alpha value is 0.380. The zero-order valence-corrected chi connectivity index (χ0v) is 24.5. The summed E-state index contributed by atoms with van der Waals surface area (Å²) in [5.41, 5.74) is 1.05. The molecule has 3 unspecified atom stereocenters. The first-order valence-electron chi connectivity index (χ1n) is 8.67. The Labute approximate surface area is 239 Å². The Kier molecular flexibility index (Phi) is 10.5. The molecule has 1 saturated heterocycles.